The number of nitrogens with two attached hydrogens (primary N) is 1. The number of hydrogen-bond acceptors (Lipinski definition) is 3. The van der Waals surface area contributed by atoms with Crippen LogP contribution in [0.15, 0.2) is 18.2 Å². The zero-order valence-electron chi connectivity index (χ0n) is 11.1. The molecule has 0 saturated carbocycles. The normalized spacial score (nSPS) is 17.1. The van der Waals surface area contributed by atoms with Crippen molar-refractivity contribution in [3.63, 3.8) is 0 Å². The first-order chi connectivity index (χ1) is 9.56. The number of hydrogen-bond donors (Lipinski definition) is 1. The van der Waals surface area contributed by atoms with Crippen LogP contribution in [0.25, 0.3) is 0 Å². The second-order valence-corrected chi connectivity index (χ2v) is 5.35. The molecule has 2 N–H and O–H groups in total. The number of halogens is 2. The van der Waals surface area contributed by atoms with Crippen molar-refractivity contribution in [1.29, 1.82) is 0 Å². The minimum absolute atomic E-state index is 0.00229. The molecule has 1 saturated heterocycles. The van der Waals surface area contributed by atoms with E-state index in [2.05, 4.69) is 4.90 Å². The van der Waals surface area contributed by atoms with E-state index in [-0.39, 0.29) is 16.8 Å². The first-order valence-electron chi connectivity index (χ1n) is 6.66. The van der Waals surface area contributed by atoms with Crippen molar-refractivity contribution < 1.29 is 13.9 Å². The van der Waals surface area contributed by atoms with E-state index < -0.39 is 5.82 Å². The molecule has 20 heavy (non-hydrogen) atoms. The fourth-order valence-electron chi connectivity index (χ4n) is 2.30. The maximum atomic E-state index is 13.2. The molecule has 2 rings (SSSR count). The molecule has 1 aromatic carbocycles. The molecule has 0 bridgehead atoms. The van der Waals surface area contributed by atoms with Gasteiger partial charge in [-0.25, -0.2) is 4.39 Å². The Morgan fingerprint density at radius 3 is 2.75 bits per heavy atom. The molecule has 0 unspecified atom stereocenters. The molecule has 110 valence electrons. The van der Waals surface area contributed by atoms with Crippen LogP contribution in [0.5, 0.6) is 5.75 Å². The van der Waals surface area contributed by atoms with Gasteiger partial charge in [0.05, 0.1) is 5.02 Å². The topological polar surface area (TPSA) is 55.6 Å². The SMILES string of the molecule is NC(=O)C1CCN(CCOc2ccc(Cl)c(F)c2)CC1. The summed E-state index contributed by atoms with van der Waals surface area (Å²) >= 11 is 5.60. The Morgan fingerprint density at radius 2 is 2.15 bits per heavy atom. The lowest BCUT2D eigenvalue weighted by atomic mass is 9.96. The van der Waals surface area contributed by atoms with Gasteiger partial charge in [-0.05, 0) is 38.1 Å². The molecule has 0 aromatic heterocycles. The van der Waals surface area contributed by atoms with Gasteiger partial charge in [-0.3, -0.25) is 9.69 Å². The van der Waals surface area contributed by atoms with E-state index >= 15 is 0 Å². The highest BCUT2D eigenvalue weighted by Crippen LogP contribution is 2.20. The van der Waals surface area contributed by atoms with Crippen molar-refractivity contribution >= 4 is 17.5 Å². The lowest BCUT2D eigenvalue weighted by molar-refractivity contribution is -0.123. The van der Waals surface area contributed by atoms with Crippen LogP contribution in [-0.2, 0) is 4.79 Å². The largest absolute Gasteiger partial charge is 0.492 e. The van der Waals surface area contributed by atoms with Crippen LogP contribution in [0.4, 0.5) is 4.39 Å². The van der Waals surface area contributed by atoms with Gasteiger partial charge in [0, 0.05) is 18.5 Å². The second-order valence-electron chi connectivity index (χ2n) is 4.94. The third-order valence-electron chi connectivity index (χ3n) is 3.56. The van der Waals surface area contributed by atoms with E-state index in [9.17, 15) is 9.18 Å². The summed E-state index contributed by atoms with van der Waals surface area (Å²) in [6.45, 7) is 2.90. The van der Waals surface area contributed by atoms with Crippen molar-refractivity contribution in [1.82, 2.24) is 4.90 Å². The van der Waals surface area contributed by atoms with Crippen LogP contribution >= 0.6 is 11.6 Å². The third kappa shape index (κ3) is 4.08. The Morgan fingerprint density at radius 1 is 1.45 bits per heavy atom. The highest BCUT2D eigenvalue weighted by atomic mass is 35.5. The highest BCUT2D eigenvalue weighted by Gasteiger charge is 2.22. The molecule has 1 heterocycles. The second kappa shape index (κ2) is 6.90. The number of nitrogens with zero attached hydrogens (tertiary/aromatic N) is 1. The monoisotopic (exact) mass is 300 g/mol. The summed E-state index contributed by atoms with van der Waals surface area (Å²) in [7, 11) is 0. The zero-order valence-corrected chi connectivity index (χ0v) is 11.9. The summed E-state index contributed by atoms with van der Waals surface area (Å²) in [5.41, 5.74) is 5.29. The average molecular weight is 301 g/mol. The molecule has 1 aliphatic heterocycles. The summed E-state index contributed by atoms with van der Waals surface area (Å²) in [4.78, 5) is 13.3. The number of ether oxygens (including phenoxy) is 1. The molecule has 6 heteroatoms. The maximum Gasteiger partial charge on any atom is 0.220 e. The van der Waals surface area contributed by atoms with Crippen LogP contribution < -0.4 is 10.5 Å². The van der Waals surface area contributed by atoms with Crippen LogP contribution in [0.2, 0.25) is 5.02 Å². The van der Waals surface area contributed by atoms with Crippen molar-refractivity contribution in [2.24, 2.45) is 11.7 Å². The molecule has 0 aliphatic carbocycles. The first-order valence-corrected chi connectivity index (χ1v) is 7.03. The van der Waals surface area contributed by atoms with Gasteiger partial charge in [0.15, 0.2) is 0 Å². The van der Waals surface area contributed by atoms with Gasteiger partial charge in [-0.1, -0.05) is 11.6 Å². The van der Waals surface area contributed by atoms with Crippen LogP contribution in [0.3, 0.4) is 0 Å². The number of likely N-dealkylation sites (tertiary alicyclic amines) is 1. The number of piperidine rings is 1. The van der Waals surface area contributed by atoms with Gasteiger partial charge >= 0.3 is 0 Å². The fourth-order valence-corrected chi connectivity index (χ4v) is 2.42. The third-order valence-corrected chi connectivity index (χ3v) is 3.86. The first kappa shape index (κ1) is 15.1. The van der Waals surface area contributed by atoms with Gasteiger partial charge in [-0.15, -0.1) is 0 Å². The van der Waals surface area contributed by atoms with Crippen LogP contribution in [0.1, 0.15) is 12.8 Å². The summed E-state index contributed by atoms with van der Waals surface area (Å²) < 4.78 is 18.7. The lowest BCUT2D eigenvalue weighted by Gasteiger charge is -2.30. The van der Waals surface area contributed by atoms with Crippen molar-refractivity contribution in [2.75, 3.05) is 26.2 Å². The summed E-state index contributed by atoms with van der Waals surface area (Å²) in [5, 5.41) is 0.0888. The van der Waals surface area contributed by atoms with E-state index in [0.29, 0.717) is 12.4 Å². The molecular formula is C14H18ClFN2O2. The van der Waals surface area contributed by atoms with Gasteiger partial charge in [0.2, 0.25) is 5.91 Å². The molecule has 0 spiro atoms. The number of primary amides is 1. The predicted molar refractivity (Wildman–Crippen MR) is 75.3 cm³/mol. The Kier molecular flexibility index (Phi) is 5.20. The smallest absolute Gasteiger partial charge is 0.220 e. The fraction of sp³-hybridized carbons (Fsp3) is 0.500. The summed E-state index contributed by atoms with van der Waals surface area (Å²) in [6.07, 6.45) is 1.59. The Hall–Kier alpha value is -1.33. The lowest BCUT2D eigenvalue weighted by Crippen LogP contribution is -2.40. The highest BCUT2D eigenvalue weighted by molar-refractivity contribution is 6.30. The summed E-state index contributed by atoms with van der Waals surface area (Å²) in [5.74, 6) is -0.222. The van der Waals surface area contributed by atoms with E-state index in [1.807, 2.05) is 0 Å². The molecule has 0 radical (unpaired) electrons. The zero-order chi connectivity index (χ0) is 14.5. The van der Waals surface area contributed by atoms with Gasteiger partial charge in [0.1, 0.15) is 18.2 Å². The van der Waals surface area contributed by atoms with Crippen molar-refractivity contribution in [3.8, 4) is 5.75 Å². The minimum Gasteiger partial charge on any atom is -0.492 e. The predicted octanol–water partition coefficient (Wildman–Crippen LogP) is 2.06. The minimum atomic E-state index is -0.480. The van der Waals surface area contributed by atoms with Gasteiger partial charge < -0.3 is 10.5 Å². The van der Waals surface area contributed by atoms with E-state index in [4.69, 9.17) is 22.1 Å². The standard InChI is InChI=1S/C14H18ClFN2O2/c15-12-2-1-11(9-13(12)16)20-8-7-18-5-3-10(4-6-18)14(17)19/h1-2,9-10H,3-8H2,(H2,17,19). The van der Waals surface area contributed by atoms with E-state index in [1.165, 1.54) is 12.1 Å². The Labute approximate surface area is 122 Å². The number of benzene rings is 1. The quantitative estimate of drug-likeness (QED) is 0.905. The Bertz CT molecular complexity index is 476. The molecule has 1 aromatic rings. The Balaban J connectivity index is 1.71. The van der Waals surface area contributed by atoms with Crippen LogP contribution in [-0.4, -0.2) is 37.0 Å². The average Bonchev–Trinajstić information content (AvgIpc) is 2.43. The van der Waals surface area contributed by atoms with Crippen molar-refractivity contribution in [3.05, 3.63) is 29.0 Å². The number of amides is 1. The molecule has 1 aliphatic rings. The summed E-state index contributed by atoms with van der Waals surface area (Å²) in [6, 6.07) is 4.40. The number of carbonyl (C=O) groups excluding carboxylic acids is 1. The van der Waals surface area contributed by atoms with Gasteiger partial charge in [0.25, 0.3) is 0 Å². The maximum absolute atomic E-state index is 13.2. The number of rotatable bonds is 5. The van der Waals surface area contributed by atoms with Gasteiger partial charge in [-0.2, -0.15) is 0 Å². The van der Waals surface area contributed by atoms with Crippen molar-refractivity contribution in [2.45, 2.75) is 12.8 Å². The number of carbonyl (C=O) groups is 1. The van der Waals surface area contributed by atoms with E-state index in [1.54, 1.807) is 6.07 Å². The van der Waals surface area contributed by atoms with E-state index in [0.717, 1.165) is 32.5 Å². The molecule has 1 fully saturated rings. The molecule has 0 atom stereocenters. The van der Waals surface area contributed by atoms with Crippen LogP contribution in [0, 0.1) is 11.7 Å². The molecule has 1 amide bonds. The molecule has 4 nitrogen and oxygen atoms in total. The molecular weight excluding hydrogens is 283 g/mol.